The maximum absolute atomic E-state index is 12.5. The number of carbonyl (C=O) groups is 4. The largest absolute Gasteiger partial charge is 0.480 e. The second kappa shape index (κ2) is 11.2. The molecule has 28 heavy (non-hydrogen) atoms. The van der Waals surface area contributed by atoms with Crippen LogP contribution in [0.3, 0.4) is 0 Å². The number of hydrogen-bond acceptors (Lipinski definition) is 7. The van der Waals surface area contributed by atoms with E-state index in [0.29, 0.717) is 13.0 Å². The summed E-state index contributed by atoms with van der Waals surface area (Å²) in [6.45, 7) is 5.33. The molecule has 1 aliphatic rings. The molecule has 1 heterocycles. The molecule has 0 radical (unpaired) electrons. The highest BCUT2D eigenvalue weighted by Crippen LogP contribution is 2.07. The lowest BCUT2D eigenvalue weighted by atomic mass is 10.0. The summed E-state index contributed by atoms with van der Waals surface area (Å²) in [6, 6.07) is -3.93. The van der Waals surface area contributed by atoms with Crippen LogP contribution in [0, 0.1) is 5.92 Å². The highest BCUT2D eigenvalue weighted by molar-refractivity contribution is 7.80. The van der Waals surface area contributed by atoms with E-state index < -0.39 is 54.0 Å². The zero-order chi connectivity index (χ0) is 21.4. The number of carbonyl (C=O) groups excluding carboxylic acids is 3. The van der Waals surface area contributed by atoms with Gasteiger partial charge in [-0.2, -0.15) is 12.6 Å². The lowest BCUT2D eigenvalue weighted by Crippen LogP contribution is -2.60. The summed E-state index contributed by atoms with van der Waals surface area (Å²) >= 11 is 4.03. The third-order valence-electron chi connectivity index (χ3n) is 4.49. The van der Waals surface area contributed by atoms with Gasteiger partial charge in [0.25, 0.3) is 0 Å². The Kier molecular flexibility index (Phi) is 9.70. The Bertz CT molecular complexity index is 580. The van der Waals surface area contributed by atoms with Gasteiger partial charge in [-0.15, -0.1) is 0 Å². The SMILES string of the molecule is CC(C)C(NC(=O)C(CS)NC(=O)C(NC(=O)C1CCCN1)C(C)O)C(=O)O. The summed E-state index contributed by atoms with van der Waals surface area (Å²) in [7, 11) is 0. The number of thiol groups is 1. The fourth-order valence-electron chi connectivity index (χ4n) is 2.79. The minimum atomic E-state index is -1.26. The maximum atomic E-state index is 12.5. The first-order chi connectivity index (χ1) is 13.1. The van der Waals surface area contributed by atoms with E-state index in [1.165, 1.54) is 6.92 Å². The smallest absolute Gasteiger partial charge is 0.326 e. The number of aliphatic hydroxyl groups excluding tert-OH is 1. The Morgan fingerprint density at radius 1 is 1.07 bits per heavy atom. The van der Waals surface area contributed by atoms with Crippen molar-refractivity contribution >= 4 is 36.3 Å². The Balaban J connectivity index is 2.75. The normalized spacial score (nSPS) is 20.7. The van der Waals surface area contributed by atoms with E-state index >= 15 is 0 Å². The minimum Gasteiger partial charge on any atom is -0.480 e. The Morgan fingerprint density at radius 2 is 1.71 bits per heavy atom. The van der Waals surface area contributed by atoms with Gasteiger partial charge in [0.05, 0.1) is 12.1 Å². The number of rotatable bonds is 10. The Hall–Kier alpha value is -1.85. The molecule has 0 spiro atoms. The molecule has 1 saturated heterocycles. The van der Waals surface area contributed by atoms with Crippen molar-refractivity contribution in [2.45, 2.75) is 63.9 Å². The molecule has 0 aromatic rings. The van der Waals surface area contributed by atoms with Crippen molar-refractivity contribution in [2.24, 2.45) is 5.92 Å². The molecule has 0 bridgehead atoms. The van der Waals surface area contributed by atoms with Gasteiger partial charge in [-0.25, -0.2) is 4.79 Å². The molecule has 6 N–H and O–H groups in total. The maximum Gasteiger partial charge on any atom is 0.326 e. The summed E-state index contributed by atoms with van der Waals surface area (Å²) in [5, 5.41) is 29.3. The number of hydrogen-bond donors (Lipinski definition) is 7. The van der Waals surface area contributed by atoms with Crippen molar-refractivity contribution < 1.29 is 29.4 Å². The number of aliphatic carboxylic acids is 1. The van der Waals surface area contributed by atoms with E-state index in [1.807, 2.05) is 0 Å². The van der Waals surface area contributed by atoms with Gasteiger partial charge in [0.1, 0.15) is 18.1 Å². The van der Waals surface area contributed by atoms with Crippen molar-refractivity contribution in [3.63, 3.8) is 0 Å². The number of amides is 3. The second-order valence-corrected chi connectivity index (χ2v) is 7.55. The van der Waals surface area contributed by atoms with E-state index in [9.17, 15) is 29.4 Å². The fraction of sp³-hybridized carbons (Fsp3) is 0.765. The van der Waals surface area contributed by atoms with Crippen LogP contribution in [0.15, 0.2) is 0 Å². The lowest BCUT2D eigenvalue weighted by molar-refractivity contribution is -0.143. The van der Waals surface area contributed by atoms with Gasteiger partial charge in [0, 0.05) is 5.75 Å². The van der Waals surface area contributed by atoms with Crippen molar-refractivity contribution in [2.75, 3.05) is 12.3 Å². The number of carboxylic acid groups (broad SMARTS) is 1. The zero-order valence-electron chi connectivity index (χ0n) is 16.3. The van der Waals surface area contributed by atoms with Crippen LogP contribution < -0.4 is 21.3 Å². The average molecular weight is 419 g/mol. The molecule has 1 aliphatic heterocycles. The topological polar surface area (TPSA) is 157 Å². The highest BCUT2D eigenvalue weighted by atomic mass is 32.1. The number of nitrogens with one attached hydrogen (secondary N) is 4. The van der Waals surface area contributed by atoms with E-state index in [0.717, 1.165) is 6.42 Å². The predicted molar refractivity (Wildman–Crippen MR) is 105 cm³/mol. The van der Waals surface area contributed by atoms with Gasteiger partial charge >= 0.3 is 5.97 Å². The lowest BCUT2D eigenvalue weighted by Gasteiger charge is -2.26. The summed E-state index contributed by atoms with van der Waals surface area (Å²) in [6.07, 6.45) is 0.274. The molecule has 5 atom stereocenters. The molecule has 0 aromatic carbocycles. The number of carboxylic acids is 1. The van der Waals surface area contributed by atoms with Crippen LogP contribution in [0.1, 0.15) is 33.6 Å². The summed E-state index contributed by atoms with van der Waals surface area (Å²) < 4.78 is 0. The van der Waals surface area contributed by atoms with Gasteiger partial charge in [-0.3, -0.25) is 14.4 Å². The first kappa shape index (κ1) is 24.2. The van der Waals surface area contributed by atoms with E-state index in [2.05, 4.69) is 33.9 Å². The van der Waals surface area contributed by atoms with Gasteiger partial charge in [-0.1, -0.05) is 13.8 Å². The molecule has 1 rings (SSSR count). The summed E-state index contributed by atoms with van der Waals surface area (Å²) in [4.78, 5) is 48.4. The van der Waals surface area contributed by atoms with E-state index in [-0.39, 0.29) is 11.7 Å². The van der Waals surface area contributed by atoms with Crippen LogP contribution in [-0.4, -0.2) is 76.5 Å². The van der Waals surface area contributed by atoms with Crippen molar-refractivity contribution in [1.29, 1.82) is 0 Å². The molecule has 1 fully saturated rings. The quantitative estimate of drug-likeness (QED) is 0.207. The third-order valence-corrected chi connectivity index (χ3v) is 4.85. The minimum absolute atomic E-state index is 0.0906. The van der Waals surface area contributed by atoms with Crippen molar-refractivity contribution in [3.05, 3.63) is 0 Å². The molecule has 0 aromatic heterocycles. The van der Waals surface area contributed by atoms with Crippen LogP contribution in [0.2, 0.25) is 0 Å². The van der Waals surface area contributed by atoms with Crippen molar-refractivity contribution in [3.8, 4) is 0 Å². The number of aliphatic hydroxyl groups is 1. The average Bonchev–Trinajstić information content (AvgIpc) is 3.15. The Morgan fingerprint density at radius 3 is 2.14 bits per heavy atom. The fourth-order valence-corrected chi connectivity index (χ4v) is 3.05. The van der Waals surface area contributed by atoms with Gasteiger partial charge in [-0.05, 0) is 32.2 Å². The van der Waals surface area contributed by atoms with Gasteiger partial charge in [0.2, 0.25) is 17.7 Å². The monoisotopic (exact) mass is 418 g/mol. The third kappa shape index (κ3) is 6.95. The van der Waals surface area contributed by atoms with Crippen LogP contribution in [0.4, 0.5) is 0 Å². The van der Waals surface area contributed by atoms with Gasteiger partial charge in [0.15, 0.2) is 0 Å². The summed E-state index contributed by atoms with van der Waals surface area (Å²) in [5.74, 6) is -3.51. The van der Waals surface area contributed by atoms with Crippen LogP contribution in [0.25, 0.3) is 0 Å². The molecule has 11 heteroatoms. The molecule has 0 saturated carbocycles. The van der Waals surface area contributed by atoms with E-state index in [4.69, 9.17) is 0 Å². The molecule has 3 amide bonds. The van der Waals surface area contributed by atoms with Crippen LogP contribution in [-0.2, 0) is 19.2 Å². The van der Waals surface area contributed by atoms with E-state index in [1.54, 1.807) is 13.8 Å². The van der Waals surface area contributed by atoms with Crippen LogP contribution >= 0.6 is 12.6 Å². The second-order valence-electron chi connectivity index (χ2n) is 7.19. The first-order valence-corrected chi connectivity index (χ1v) is 9.88. The molecule has 10 nitrogen and oxygen atoms in total. The Labute approximate surface area is 169 Å². The highest BCUT2D eigenvalue weighted by Gasteiger charge is 2.33. The molecule has 0 aliphatic carbocycles. The summed E-state index contributed by atoms with van der Waals surface area (Å²) in [5.41, 5.74) is 0. The molecule has 5 unspecified atom stereocenters. The first-order valence-electron chi connectivity index (χ1n) is 9.24. The van der Waals surface area contributed by atoms with Gasteiger partial charge < -0.3 is 31.5 Å². The molecule has 160 valence electrons. The zero-order valence-corrected chi connectivity index (χ0v) is 17.2. The van der Waals surface area contributed by atoms with Crippen LogP contribution in [0.5, 0.6) is 0 Å². The van der Waals surface area contributed by atoms with Crippen molar-refractivity contribution in [1.82, 2.24) is 21.3 Å². The molecular weight excluding hydrogens is 388 g/mol. The predicted octanol–water partition coefficient (Wildman–Crippen LogP) is -1.76. The molecular formula is C17H30N4O6S. The standard InChI is InChI=1S/C17H30N4O6S/c1-8(2)12(17(26)27)20-15(24)11(7-28)19-16(25)13(9(3)22)21-14(23)10-5-4-6-18-10/h8-13,18,22,28H,4-7H2,1-3H3,(H,19,25)(H,20,24)(H,21,23)(H,26,27).